The Hall–Kier alpha value is -2.98. The number of rotatable bonds is 6. The number of halogens is 1. The predicted molar refractivity (Wildman–Crippen MR) is 158 cm³/mol. The fraction of sp³-hybridized carbons (Fsp3) is 0.129. The first-order valence-corrected chi connectivity index (χ1v) is 12.5. The van der Waals surface area contributed by atoms with Crippen LogP contribution in [0.3, 0.4) is 0 Å². The Morgan fingerprint density at radius 3 is 2.12 bits per heavy atom. The molecule has 0 fully saturated rings. The van der Waals surface area contributed by atoms with Crippen LogP contribution in [-0.2, 0) is 22.4 Å². The molecule has 0 amide bonds. The first-order chi connectivity index (χ1) is 18.7. The molecule has 0 bridgehead atoms. The first kappa shape index (κ1) is 31.5. The van der Waals surface area contributed by atoms with Gasteiger partial charge in [-0.15, -0.1) is 0 Å². The number of aromatic nitrogens is 1. The summed E-state index contributed by atoms with van der Waals surface area (Å²) < 4.78 is 6.77. The van der Waals surface area contributed by atoms with Crippen LogP contribution < -0.4 is 4.74 Å². The van der Waals surface area contributed by atoms with E-state index >= 15 is 0 Å². The number of benzene rings is 4. The minimum absolute atomic E-state index is 0. The average Bonchev–Trinajstić information content (AvgIpc) is 3.18. The Balaban J connectivity index is 0.000000250. The molecule has 4 aromatic carbocycles. The Bertz CT molecular complexity index is 1690. The molecule has 1 aromatic heterocycles. The van der Waals surface area contributed by atoms with Crippen LogP contribution in [0.2, 0.25) is 5.02 Å². The molecule has 1 heterocycles. The van der Waals surface area contributed by atoms with Gasteiger partial charge in [0.25, 0.3) is 5.91 Å². The molecule has 0 aliphatic rings. The van der Waals surface area contributed by atoms with Crippen molar-refractivity contribution < 1.29 is 29.3 Å². The molecule has 0 atom stereocenters. The van der Waals surface area contributed by atoms with E-state index in [0.717, 1.165) is 16.3 Å². The molecule has 40 heavy (non-hydrogen) atoms. The van der Waals surface area contributed by atoms with E-state index < -0.39 is 11.9 Å². The number of carboxylic acid groups (broad SMARTS) is 2. The van der Waals surface area contributed by atoms with Gasteiger partial charge in [-0.1, -0.05) is 54.1 Å². The maximum atomic E-state index is 13.0. The van der Waals surface area contributed by atoms with Gasteiger partial charge in [0.15, 0.2) is 0 Å². The Labute approximate surface area is 278 Å². The number of nitrogens with zero attached hydrogens (tertiary/aromatic N) is 1. The van der Waals surface area contributed by atoms with Crippen LogP contribution in [0, 0.1) is 6.92 Å². The molecule has 7 nitrogen and oxygen atoms in total. The minimum atomic E-state index is -0.955. The Morgan fingerprint density at radius 1 is 0.825 bits per heavy atom. The fourth-order valence-electron chi connectivity index (χ4n) is 4.56. The summed E-state index contributed by atoms with van der Waals surface area (Å²) >= 11 is 5.89. The summed E-state index contributed by atoms with van der Waals surface area (Å²) in [6, 6.07) is 25.4. The van der Waals surface area contributed by atoms with Crippen molar-refractivity contribution in [2.45, 2.75) is 19.8 Å². The van der Waals surface area contributed by atoms with E-state index in [2.05, 4.69) is 0 Å². The van der Waals surface area contributed by atoms with Gasteiger partial charge >= 0.3 is 63.3 Å². The van der Waals surface area contributed by atoms with Crippen molar-refractivity contribution in [3.05, 3.63) is 112 Å². The molecule has 0 aliphatic carbocycles. The van der Waals surface area contributed by atoms with Crippen LogP contribution in [0.4, 0.5) is 0 Å². The van der Waals surface area contributed by atoms with E-state index in [1.54, 1.807) is 56.5 Å². The second-order valence-corrected chi connectivity index (χ2v) is 9.31. The van der Waals surface area contributed by atoms with Gasteiger partial charge in [-0.25, -0.2) is 0 Å². The maximum absolute atomic E-state index is 13.0. The van der Waals surface area contributed by atoms with Gasteiger partial charge in [0, 0.05) is 21.7 Å². The van der Waals surface area contributed by atoms with Crippen LogP contribution in [0.1, 0.15) is 27.2 Å². The molecule has 200 valence electrons. The standard InChI is InChI=1S/C19H16ClNO4.C12H10O2.K.H/c1-11-15(10-18(22)23)16-9-14(25-2)7-8-17(16)21(11)19(24)12-3-5-13(20)6-4-12;13-12(14)8-10-6-3-5-9-4-1-2-7-11(9)10;;/h3-9H,10H2,1-2H3,(H,22,23);1-7H,8H2,(H,13,14);;. The van der Waals surface area contributed by atoms with Crippen LogP contribution in [-0.4, -0.2) is 91.1 Å². The average molecular weight is 584 g/mol. The van der Waals surface area contributed by atoms with Crippen molar-refractivity contribution in [3.63, 3.8) is 0 Å². The van der Waals surface area contributed by atoms with Gasteiger partial charge in [0.2, 0.25) is 0 Å². The van der Waals surface area contributed by atoms with Crippen LogP contribution in [0.5, 0.6) is 5.75 Å². The molecule has 0 spiro atoms. The zero-order valence-corrected chi connectivity index (χ0v) is 22.1. The molecule has 5 aromatic rings. The topological polar surface area (TPSA) is 106 Å². The zero-order chi connectivity index (χ0) is 28.1. The third-order valence-corrected chi connectivity index (χ3v) is 6.64. The molecule has 0 saturated heterocycles. The fourth-order valence-corrected chi connectivity index (χ4v) is 4.68. The number of fused-ring (bicyclic) bond motifs is 2. The second kappa shape index (κ2) is 14.1. The normalized spacial score (nSPS) is 10.4. The SMILES string of the molecule is COc1ccc2c(c1)c(CC(=O)O)c(C)n2C(=O)c1ccc(Cl)cc1.O=C(O)Cc1cccc2ccccc12.[KH]. The van der Waals surface area contributed by atoms with Crippen molar-refractivity contribution in [3.8, 4) is 5.75 Å². The molecular weight excluding hydrogens is 557 g/mol. The summed E-state index contributed by atoms with van der Waals surface area (Å²) in [4.78, 5) is 34.9. The molecule has 2 N–H and O–H groups in total. The summed E-state index contributed by atoms with van der Waals surface area (Å²) in [7, 11) is 1.54. The third-order valence-electron chi connectivity index (χ3n) is 6.39. The van der Waals surface area contributed by atoms with E-state index in [1.165, 1.54) is 4.57 Å². The van der Waals surface area contributed by atoms with Gasteiger partial charge in [-0.05, 0) is 71.3 Å². The number of hydrogen-bond donors (Lipinski definition) is 2. The van der Waals surface area contributed by atoms with E-state index in [4.69, 9.17) is 21.4 Å². The summed E-state index contributed by atoms with van der Waals surface area (Å²) in [5.41, 5.74) is 3.20. The molecule has 0 aliphatic heterocycles. The number of hydrogen-bond acceptors (Lipinski definition) is 4. The van der Waals surface area contributed by atoms with E-state index in [1.807, 2.05) is 42.5 Å². The molecule has 0 radical (unpaired) electrons. The van der Waals surface area contributed by atoms with Gasteiger partial charge in [-0.2, -0.15) is 0 Å². The molecule has 5 rings (SSSR count). The number of methoxy groups -OCH3 is 1. The summed E-state index contributed by atoms with van der Waals surface area (Å²) in [5, 5.41) is 21.3. The zero-order valence-electron chi connectivity index (χ0n) is 21.3. The van der Waals surface area contributed by atoms with Crippen molar-refractivity contribution in [2.24, 2.45) is 0 Å². The predicted octanol–water partition coefficient (Wildman–Crippen LogP) is 5.75. The van der Waals surface area contributed by atoms with Crippen molar-refractivity contribution in [2.75, 3.05) is 7.11 Å². The van der Waals surface area contributed by atoms with E-state index in [0.29, 0.717) is 38.5 Å². The summed E-state index contributed by atoms with van der Waals surface area (Å²) in [5.74, 6) is -1.37. The first-order valence-electron chi connectivity index (χ1n) is 12.1. The van der Waals surface area contributed by atoms with Crippen LogP contribution in [0.25, 0.3) is 21.7 Å². The Morgan fingerprint density at radius 2 is 1.48 bits per heavy atom. The van der Waals surface area contributed by atoms with Gasteiger partial charge in [0.1, 0.15) is 5.75 Å². The molecule has 0 unspecified atom stereocenters. The summed E-state index contributed by atoms with van der Waals surface area (Å²) in [6.07, 6.45) is -0.0856. The van der Waals surface area contributed by atoms with Crippen molar-refractivity contribution in [1.29, 1.82) is 0 Å². The van der Waals surface area contributed by atoms with E-state index in [-0.39, 0.29) is 70.1 Å². The van der Waals surface area contributed by atoms with Crippen molar-refractivity contribution >= 4 is 103 Å². The van der Waals surface area contributed by atoms with Gasteiger partial charge in [-0.3, -0.25) is 19.0 Å². The van der Waals surface area contributed by atoms with Gasteiger partial charge < -0.3 is 14.9 Å². The molecule has 0 saturated carbocycles. The van der Waals surface area contributed by atoms with E-state index in [9.17, 15) is 19.5 Å². The number of aliphatic carboxylic acids is 2. The van der Waals surface area contributed by atoms with Crippen molar-refractivity contribution in [1.82, 2.24) is 4.57 Å². The monoisotopic (exact) mass is 583 g/mol. The van der Waals surface area contributed by atoms with Crippen LogP contribution >= 0.6 is 11.6 Å². The number of carbonyl (C=O) groups excluding carboxylic acids is 1. The van der Waals surface area contributed by atoms with Gasteiger partial charge in [0.05, 0.1) is 25.5 Å². The third kappa shape index (κ3) is 7.20. The molecule has 9 heteroatoms. The summed E-state index contributed by atoms with van der Waals surface area (Å²) in [6.45, 7) is 1.75. The number of ether oxygens (including phenoxy) is 1. The number of carbonyl (C=O) groups is 3. The van der Waals surface area contributed by atoms with Crippen LogP contribution in [0.15, 0.2) is 84.9 Å². The second-order valence-electron chi connectivity index (χ2n) is 8.87. The quantitative estimate of drug-likeness (QED) is 0.247. The number of carboxylic acids is 2. The Kier molecular flexibility index (Phi) is 11.1. The molecular formula is C31H27ClKNO6.